The SMILES string of the molecule is CC1=C(C(=O)Nc2ccc(C)cc2C)C(c2ccc(OCc3ccccc3Cl)cc2)n2nnnc2N1. The molecule has 0 bridgehead atoms. The third kappa shape index (κ3) is 4.67. The first kappa shape index (κ1) is 23.6. The molecule has 0 aliphatic carbocycles. The fourth-order valence-electron chi connectivity index (χ4n) is 4.28. The number of nitrogens with one attached hydrogen (secondary N) is 2. The summed E-state index contributed by atoms with van der Waals surface area (Å²) in [6.45, 7) is 6.20. The molecule has 0 saturated heterocycles. The number of fused-ring (bicyclic) bond motifs is 1. The van der Waals surface area contributed by atoms with E-state index in [1.807, 2.05) is 87.5 Å². The molecule has 1 amide bonds. The molecule has 1 aliphatic rings. The van der Waals surface area contributed by atoms with Gasteiger partial charge in [0.2, 0.25) is 5.95 Å². The first-order valence-corrected chi connectivity index (χ1v) is 11.9. The number of hydrogen-bond donors (Lipinski definition) is 2. The Balaban J connectivity index is 1.42. The lowest BCUT2D eigenvalue weighted by molar-refractivity contribution is -0.113. The van der Waals surface area contributed by atoms with Crippen molar-refractivity contribution in [2.45, 2.75) is 33.4 Å². The lowest BCUT2D eigenvalue weighted by Crippen LogP contribution is -2.31. The predicted molar refractivity (Wildman–Crippen MR) is 139 cm³/mol. The number of nitrogens with zero attached hydrogens (tertiary/aromatic N) is 4. The number of rotatable bonds is 6. The van der Waals surface area contributed by atoms with Crippen LogP contribution < -0.4 is 15.4 Å². The van der Waals surface area contributed by atoms with E-state index in [0.29, 0.717) is 34.6 Å². The van der Waals surface area contributed by atoms with E-state index in [4.69, 9.17) is 16.3 Å². The molecular formula is C27H25ClN6O2. The first-order chi connectivity index (χ1) is 17.4. The Morgan fingerprint density at radius 2 is 1.86 bits per heavy atom. The van der Waals surface area contributed by atoms with Crippen molar-refractivity contribution in [1.29, 1.82) is 0 Å². The van der Waals surface area contributed by atoms with Gasteiger partial charge in [-0.1, -0.05) is 64.7 Å². The average Bonchev–Trinajstić information content (AvgIpc) is 3.33. The molecule has 1 aromatic heterocycles. The molecule has 36 heavy (non-hydrogen) atoms. The van der Waals surface area contributed by atoms with Gasteiger partial charge in [0.05, 0.1) is 5.57 Å². The smallest absolute Gasteiger partial charge is 0.255 e. The largest absolute Gasteiger partial charge is 0.489 e. The second-order valence-corrected chi connectivity index (χ2v) is 9.14. The summed E-state index contributed by atoms with van der Waals surface area (Å²) in [5.41, 5.74) is 5.85. The van der Waals surface area contributed by atoms with Gasteiger partial charge in [0, 0.05) is 22.0 Å². The number of aryl methyl sites for hydroxylation is 2. The molecule has 5 rings (SSSR count). The molecule has 8 nitrogen and oxygen atoms in total. The van der Waals surface area contributed by atoms with Crippen molar-refractivity contribution < 1.29 is 9.53 Å². The summed E-state index contributed by atoms with van der Waals surface area (Å²) in [5.74, 6) is 0.934. The zero-order valence-corrected chi connectivity index (χ0v) is 20.9. The summed E-state index contributed by atoms with van der Waals surface area (Å²) in [4.78, 5) is 13.6. The quantitative estimate of drug-likeness (QED) is 0.365. The second kappa shape index (κ2) is 9.83. The van der Waals surface area contributed by atoms with Crippen LogP contribution in [0.1, 0.15) is 35.2 Å². The van der Waals surface area contributed by atoms with Gasteiger partial charge in [0.1, 0.15) is 18.4 Å². The highest BCUT2D eigenvalue weighted by atomic mass is 35.5. The number of allylic oxidation sites excluding steroid dienone is 1. The van der Waals surface area contributed by atoms with Gasteiger partial charge in [0.15, 0.2) is 0 Å². The van der Waals surface area contributed by atoms with Crippen LogP contribution in [0, 0.1) is 13.8 Å². The fraction of sp³-hybridized carbons (Fsp3) is 0.185. The topological polar surface area (TPSA) is 94.0 Å². The molecule has 3 aromatic carbocycles. The highest BCUT2D eigenvalue weighted by molar-refractivity contribution is 6.31. The Morgan fingerprint density at radius 3 is 2.61 bits per heavy atom. The van der Waals surface area contributed by atoms with Crippen LogP contribution in [0.25, 0.3) is 0 Å². The number of aromatic nitrogens is 4. The molecule has 1 atom stereocenters. The Bertz CT molecular complexity index is 1460. The summed E-state index contributed by atoms with van der Waals surface area (Å²) in [7, 11) is 0. The maximum Gasteiger partial charge on any atom is 0.255 e. The van der Waals surface area contributed by atoms with E-state index in [1.54, 1.807) is 4.68 Å². The van der Waals surface area contributed by atoms with Crippen molar-refractivity contribution in [1.82, 2.24) is 20.2 Å². The number of carbonyl (C=O) groups is 1. The molecular weight excluding hydrogens is 476 g/mol. The van der Waals surface area contributed by atoms with E-state index in [-0.39, 0.29) is 5.91 Å². The maximum absolute atomic E-state index is 13.6. The molecule has 4 aromatic rings. The molecule has 2 N–H and O–H groups in total. The van der Waals surface area contributed by atoms with Gasteiger partial charge in [-0.3, -0.25) is 4.79 Å². The number of anilines is 2. The molecule has 0 saturated carbocycles. The van der Waals surface area contributed by atoms with Crippen molar-refractivity contribution in [2.75, 3.05) is 10.6 Å². The average molecular weight is 501 g/mol. The number of ether oxygens (including phenoxy) is 1. The van der Waals surface area contributed by atoms with Crippen LogP contribution in [-0.4, -0.2) is 26.1 Å². The number of carbonyl (C=O) groups excluding carboxylic acids is 1. The zero-order chi connectivity index (χ0) is 25.2. The maximum atomic E-state index is 13.6. The fourth-order valence-corrected chi connectivity index (χ4v) is 4.47. The van der Waals surface area contributed by atoms with Gasteiger partial charge >= 0.3 is 0 Å². The number of benzene rings is 3. The van der Waals surface area contributed by atoms with E-state index >= 15 is 0 Å². The van der Waals surface area contributed by atoms with Gasteiger partial charge in [-0.2, -0.15) is 4.68 Å². The Hall–Kier alpha value is -4.17. The van der Waals surface area contributed by atoms with Crippen molar-refractivity contribution in [2.24, 2.45) is 0 Å². The van der Waals surface area contributed by atoms with Crippen molar-refractivity contribution in [3.05, 3.63) is 105 Å². The number of tetrazole rings is 1. The summed E-state index contributed by atoms with van der Waals surface area (Å²) in [6.07, 6.45) is 0. The third-order valence-corrected chi connectivity index (χ3v) is 6.51. The third-order valence-electron chi connectivity index (χ3n) is 6.14. The molecule has 0 spiro atoms. The van der Waals surface area contributed by atoms with Crippen LogP contribution in [0.15, 0.2) is 78.0 Å². The van der Waals surface area contributed by atoms with Gasteiger partial charge in [-0.25, -0.2) is 0 Å². The van der Waals surface area contributed by atoms with Crippen LogP contribution in [0.2, 0.25) is 5.02 Å². The van der Waals surface area contributed by atoms with E-state index in [9.17, 15) is 4.79 Å². The number of hydrogen-bond acceptors (Lipinski definition) is 6. The monoisotopic (exact) mass is 500 g/mol. The summed E-state index contributed by atoms with van der Waals surface area (Å²) < 4.78 is 7.55. The van der Waals surface area contributed by atoms with Crippen LogP contribution in [0.4, 0.5) is 11.6 Å². The van der Waals surface area contributed by atoms with Crippen LogP contribution in [0.3, 0.4) is 0 Å². The summed E-state index contributed by atoms with van der Waals surface area (Å²) in [6, 6.07) is 20.6. The highest BCUT2D eigenvalue weighted by Crippen LogP contribution is 2.36. The predicted octanol–water partition coefficient (Wildman–Crippen LogP) is 5.45. The minimum absolute atomic E-state index is 0.225. The molecule has 9 heteroatoms. The van der Waals surface area contributed by atoms with E-state index in [2.05, 4.69) is 26.2 Å². The first-order valence-electron chi connectivity index (χ1n) is 11.5. The number of halogens is 1. The van der Waals surface area contributed by atoms with Gasteiger partial charge in [0.25, 0.3) is 5.91 Å². The van der Waals surface area contributed by atoms with Gasteiger partial charge in [-0.15, -0.1) is 0 Å². The van der Waals surface area contributed by atoms with Crippen molar-refractivity contribution >= 4 is 29.1 Å². The normalized spacial score (nSPS) is 14.7. The van der Waals surface area contributed by atoms with Crippen LogP contribution >= 0.6 is 11.6 Å². The molecule has 0 radical (unpaired) electrons. The molecule has 1 unspecified atom stereocenters. The van der Waals surface area contributed by atoms with Gasteiger partial charge < -0.3 is 15.4 Å². The minimum Gasteiger partial charge on any atom is -0.489 e. The lowest BCUT2D eigenvalue weighted by atomic mass is 9.94. The Morgan fingerprint density at radius 1 is 1.08 bits per heavy atom. The Kier molecular flexibility index (Phi) is 6.43. The minimum atomic E-state index is -0.514. The lowest BCUT2D eigenvalue weighted by Gasteiger charge is -2.28. The van der Waals surface area contributed by atoms with Crippen LogP contribution in [-0.2, 0) is 11.4 Å². The summed E-state index contributed by atoms with van der Waals surface area (Å²) >= 11 is 6.24. The zero-order valence-electron chi connectivity index (χ0n) is 20.1. The van der Waals surface area contributed by atoms with E-state index < -0.39 is 6.04 Å². The van der Waals surface area contributed by atoms with Crippen molar-refractivity contribution in [3.63, 3.8) is 0 Å². The molecule has 2 heterocycles. The van der Waals surface area contributed by atoms with E-state index in [0.717, 1.165) is 27.9 Å². The second-order valence-electron chi connectivity index (χ2n) is 8.73. The van der Waals surface area contributed by atoms with E-state index in [1.165, 1.54) is 0 Å². The molecule has 0 fully saturated rings. The summed E-state index contributed by atoms with van der Waals surface area (Å²) in [5, 5.41) is 18.9. The molecule has 182 valence electrons. The highest BCUT2D eigenvalue weighted by Gasteiger charge is 2.34. The van der Waals surface area contributed by atoms with Crippen LogP contribution in [0.5, 0.6) is 5.75 Å². The number of amides is 1. The molecule has 1 aliphatic heterocycles. The standard InChI is InChI=1S/C27H25ClN6O2/c1-16-8-13-23(17(2)14-16)30-26(35)24-18(3)29-27-31-32-33-34(27)25(24)19-9-11-21(12-10-19)36-15-20-6-4-5-7-22(20)28/h4-14,25H,15H2,1-3H3,(H,30,35)(H,29,31,33). The van der Waals surface area contributed by atoms with Gasteiger partial charge in [-0.05, 0) is 66.6 Å². The van der Waals surface area contributed by atoms with Crippen molar-refractivity contribution in [3.8, 4) is 5.75 Å². The Labute approximate surface area is 213 Å².